The van der Waals surface area contributed by atoms with Crippen LogP contribution in [0.3, 0.4) is 0 Å². The molecule has 0 aliphatic carbocycles. The molecule has 98 valence electrons. The van der Waals surface area contributed by atoms with Crippen LogP contribution in [0.2, 0.25) is 0 Å². The van der Waals surface area contributed by atoms with Gasteiger partial charge in [-0.25, -0.2) is 4.98 Å². The van der Waals surface area contributed by atoms with Crippen molar-refractivity contribution >= 4 is 11.9 Å². The zero-order valence-electron chi connectivity index (χ0n) is 10.5. The highest BCUT2D eigenvalue weighted by atomic mass is 16.4. The van der Waals surface area contributed by atoms with Crippen molar-refractivity contribution < 1.29 is 19.1 Å². The van der Waals surface area contributed by atoms with Gasteiger partial charge < -0.3 is 14.4 Å². The van der Waals surface area contributed by atoms with Crippen molar-refractivity contribution in [2.24, 2.45) is 5.41 Å². The number of oxazole rings is 1. The molecule has 1 amide bonds. The highest BCUT2D eigenvalue weighted by Crippen LogP contribution is 2.31. The van der Waals surface area contributed by atoms with E-state index in [2.05, 4.69) is 4.98 Å². The number of hydrogen-bond acceptors (Lipinski definition) is 4. The second-order valence-electron chi connectivity index (χ2n) is 4.82. The molecule has 1 saturated heterocycles. The van der Waals surface area contributed by atoms with Crippen LogP contribution in [0.1, 0.15) is 36.5 Å². The summed E-state index contributed by atoms with van der Waals surface area (Å²) in [5, 5.41) is 9.13. The van der Waals surface area contributed by atoms with Gasteiger partial charge in [-0.15, -0.1) is 0 Å². The van der Waals surface area contributed by atoms with Crippen molar-refractivity contribution in [1.82, 2.24) is 9.88 Å². The Hall–Kier alpha value is -1.85. The SMILES string of the molecule is CCc1ocnc1C(=O)N1CCC(C)(C(=O)O)C1. The largest absolute Gasteiger partial charge is 0.481 e. The smallest absolute Gasteiger partial charge is 0.311 e. The maximum atomic E-state index is 12.2. The molecule has 1 aliphatic heterocycles. The summed E-state index contributed by atoms with van der Waals surface area (Å²) < 4.78 is 5.12. The maximum Gasteiger partial charge on any atom is 0.311 e. The van der Waals surface area contributed by atoms with Crippen molar-refractivity contribution in [3.63, 3.8) is 0 Å². The molecule has 6 heteroatoms. The number of aliphatic carboxylic acids is 1. The molecular formula is C12H16N2O4. The Morgan fingerprint density at radius 2 is 2.33 bits per heavy atom. The lowest BCUT2D eigenvalue weighted by molar-refractivity contribution is -0.147. The van der Waals surface area contributed by atoms with E-state index in [-0.39, 0.29) is 12.5 Å². The number of carboxylic acid groups (broad SMARTS) is 1. The normalized spacial score (nSPS) is 23.3. The molecule has 1 unspecified atom stereocenters. The highest BCUT2D eigenvalue weighted by Gasteiger charge is 2.42. The first kappa shape index (κ1) is 12.6. The van der Waals surface area contributed by atoms with Gasteiger partial charge in [-0.3, -0.25) is 9.59 Å². The quantitative estimate of drug-likeness (QED) is 0.873. The molecule has 1 N–H and O–H groups in total. The predicted molar refractivity (Wildman–Crippen MR) is 62.1 cm³/mol. The number of amides is 1. The summed E-state index contributed by atoms with van der Waals surface area (Å²) in [6, 6.07) is 0. The monoisotopic (exact) mass is 252 g/mol. The summed E-state index contributed by atoms with van der Waals surface area (Å²) >= 11 is 0. The molecule has 0 aromatic carbocycles. The maximum absolute atomic E-state index is 12.2. The average molecular weight is 252 g/mol. The van der Waals surface area contributed by atoms with Gasteiger partial charge >= 0.3 is 5.97 Å². The Labute approximate surface area is 105 Å². The van der Waals surface area contributed by atoms with E-state index >= 15 is 0 Å². The highest BCUT2D eigenvalue weighted by molar-refractivity contribution is 5.94. The fourth-order valence-electron chi connectivity index (χ4n) is 2.15. The number of nitrogens with zero attached hydrogens (tertiary/aromatic N) is 2. The van der Waals surface area contributed by atoms with Gasteiger partial charge in [0.15, 0.2) is 12.1 Å². The number of carboxylic acids is 1. The number of aromatic nitrogens is 1. The van der Waals surface area contributed by atoms with Gasteiger partial charge in [0.05, 0.1) is 5.41 Å². The number of hydrogen-bond donors (Lipinski definition) is 1. The van der Waals surface area contributed by atoms with Gasteiger partial charge in [0.1, 0.15) is 5.76 Å². The van der Waals surface area contributed by atoms with Crippen molar-refractivity contribution in [3.05, 3.63) is 17.8 Å². The molecule has 0 spiro atoms. The zero-order valence-corrected chi connectivity index (χ0v) is 10.5. The van der Waals surface area contributed by atoms with E-state index in [9.17, 15) is 9.59 Å². The van der Waals surface area contributed by atoms with Crippen LogP contribution in [0.5, 0.6) is 0 Å². The standard InChI is InChI=1S/C12H16N2O4/c1-3-8-9(13-7-18-8)10(15)14-5-4-12(2,6-14)11(16)17/h7H,3-6H2,1-2H3,(H,16,17). The van der Waals surface area contributed by atoms with Gasteiger partial charge in [0.25, 0.3) is 5.91 Å². The molecular weight excluding hydrogens is 236 g/mol. The summed E-state index contributed by atoms with van der Waals surface area (Å²) in [4.78, 5) is 28.8. The van der Waals surface area contributed by atoms with Crippen LogP contribution < -0.4 is 0 Å². The third-order valence-corrected chi connectivity index (χ3v) is 3.44. The molecule has 0 bridgehead atoms. The van der Waals surface area contributed by atoms with E-state index in [1.54, 1.807) is 6.92 Å². The molecule has 2 rings (SSSR count). The topological polar surface area (TPSA) is 83.6 Å². The number of aryl methyl sites for hydroxylation is 1. The van der Waals surface area contributed by atoms with Crippen LogP contribution in [0.15, 0.2) is 10.8 Å². The number of rotatable bonds is 3. The van der Waals surface area contributed by atoms with E-state index in [4.69, 9.17) is 9.52 Å². The van der Waals surface area contributed by atoms with Gasteiger partial charge in [-0.05, 0) is 13.3 Å². The lowest BCUT2D eigenvalue weighted by atomic mass is 9.90. The minimum Gasteiger partial charge on any atom is -0.481 e. The van der Waals surface area contributed by atoms with Crippen molar-refractivity contribution in [3.8, 4) is 0 Å². The van der Waals surface area contributed by atoms with E-state index in [0.29, 0.717) is 30.8 Å². The van der Waals surface area contributed by atoms with Gasteiger partial charge in [0, 0.05) is 19.5 Å². The summed E-state index contributed by atoms with van der Waals surface area (Å²) in [6.45, 7) is 4.20. The molecule has 2 heterocycles. The Kier molecular flexibility index (Phi) is 3.11. The summed E-state index contributed by atoms with van der Waals surface area (Å²) in [5.74, 6) is -0.567. The first-order valence-electron chi connectivity index (χ1n) is 5.93. The number of likely N-dealkylation sites (tertiary alicyclic amines) is 1. The molecule has 0 saturated carbocycles. The van der Waals surface area contributed by atoms with E-state index in [1.807, 2.05) is 6.92 Å². The fraction of sp³-hybridized carbons (Fsp3) is 0.583. The average Bonchev–Trinajstić information content (AvgIpc) is 2.94. The molecule has 6 nitrogen and oxygen atoms in total. The van der Waals surface area contributed by atoms with Crippen LogP contribution in [0.25, 0.3) is 0 Å². The Bertz CT molecular complexity index is 482. The van der Waals surface area contributed by atoms with Crippen LogP contribution in [-0.4, -0.2) is 40.0 Å². The second-order valence-corrected chi connectivity index (χ2v) is 4.82. The molecule has 0 radical (unpaired) electrons. The minimum absolute atomic E-state index is 0.219. The lowest BCUT2D eigenvalue weighted by Crippen LogP contribution is -2.35. The van der Waals surface area contributed by atoms with E-state index in [0.717, 1.165) is 0 Å². The third-order valence-electron chi connectivity index (χ3n) is 3.44. The van der Waals surface area contributed by atoms with Crippen LogP contribution in [0, 0.1) is 5.41 Å². The third kappa shape index (κ3) is 1.98. The van der Waals surface area contributed by atoms with Gasteiger partial charge in [-0.2, -0.15) is 0 Å². The van der Waals surface area contributed by atoms with E-state index < -0.39 is 11.4 Å². The summed E-state index contributed by atoms with van der Waals surface area (Å²) in [5.41, 5.74) is -0.557. The Morgan fingerprint density at radius 1 is 1.61 bits per heavy atom. The summed E-state index contributed by atoms with van der Waals surface area (Å²) in [7, 11) is 0. The molecule has 1 aromatic heterocycles. The molecule has 1 aliphatic rings. The predicted octanol–water partition coefficient (Wildman–Crippen LogP) is 1.17. The van der Waals surface area contributed by atoms with Crippen molar-refractivity contribution in [1.29, 1.82) is 0 Å². The molecule has 1 atom stereocenters. The molecule has 1 fully saturated rings. The summed E-state index contributed by atoms with van der Waals surface area (Å²) in [6.07, 6.45) is 2.30. The van der Waals surface area contributed by atoms with Crippen LogP contribution in [-0.2, 0) is 11.2 Å². The van der Waals surface area contributed by atoms with Crippen molar-refractivity contribution in [2.75, 3.05) is 13.1 Å². The first-order chi connectivity index (χ1) is 8.48. The zero-order chi connectivity index (χ0) is 13.3. The number of carbonyl (C=O) groups excluding carboxylic acids is 1. The Balaban J connectivity index is 2.15. The van der Waals surface area contributed by atoms with Crippen LogP contribution >= 0.6 is 0 Å². The van der Waals surface area contributed by atoms with E-state index in [1.165, 1.54) is 11.3 Å². The van der Waals surface area contributed by atoms with Crippen molar-refractivity contribution in [2.45, 2.75) is 26.7 Å². The number of carbonyl (C=O) groups is 2. The molecule has 1 aromatic rings. The Morgan fingerprint density at radius 3 is 2.89 bits per heavy atom. The minimum atomic E-state index is -0.867. The fourth-order valence-corrected chi connectivity index (χ4v) is 2.15. The lowest BCUT2D eigenvalue weighted by Gasteiger charge is -2.19. The van der Waals surface area contributed by atoms with Gasteiger partial charge in [-0.1, -0.05) is 6.92 Å². The second kappa shape index (κ2) is 4.44. The van der Waals surface area contributed by atoms with Crippen LogP contribution in [0.4, 0.5) is 0 Å². The van der Waals surface area contributed by atoms with Gasteiger partial charge in [0.2, 0.25) is 0 Å². The molecule has 18 heavy (non-hydrogen) atoms. The first-order valence-corrected chi connectivity index (χ1v) is 5.93.